The smallest absolute Gasteiger partial charge is 0.289 e. The molecule has 1 fully saturated rings. The Bertz CT molecular complexity index is 1180. The molecule has 0 radical (unpaired) electrons. The third-order valence-electron chi connectivity index (χ3n) is 5.72. The van der Waals surface area contributed by atoms with Crippen LogP contribution in [0.4, 0.5) is 0 Å². The summed E-state index contributed by atoms with van der Waals surface area (Å²) < 4.78 is 11.4. The van der Waals surface area contributed by atoms with E-state index in [0.29, 0.717) is 18.8 Å². The molecule has 34 heavy (non-hydrogen) atoms. The second-order valence-electron chi connectivity index (χ2n) is 7.95. The van der Waals surface area contributed by atoms with Gasteiger partial charge in [-0.3, -0.25) is 9.69 Å². The van der Waals surface area contributed by atoms with Crippen molar-refractivity contribution in [2.24, 2.45) is 0 Å². The number of piperazine rings is 1. The predicted molar refractivity (Wildman–Crippen MR) is 137 cm³/mol. The number of hydrogen-bond acceptors (Lipinski definition) is 4. The van der Waals surface area contributed by atoms with Gasteiger partial charge < -0.3 is 14.1 Å². The SMILES string of the molecule is Cc1ccccc1CN1CCN(C(=O)c2ccc(COc3c(Cl)c(Cl)c(Cl)c(Cl)c3Cl)o2)CC1. The van der Waals surface area contributed by atoms with E-state index in [2.05, 4.69) is 30.0 Å². The highest BCUT2D eigenvalue weighted by Gasteiger charge is 2.25. The van der Waals surface area contributed by atoms with E-state index in [-0.39, 0.29) is 49.1 Å². The standard InChI is InChI=1S/C24H21Cl5N2O3/c1-14-4-2-3-5-15(14)12-30-8-10-31(11-9-30)24(32)17-7-6-16(34-17)13-33-23-21(28)19(26)18(25)20(27)22(23)29/h2-7H,8-13H2,1H3. The number of carbonyl (C=O) groups excluding carboxylic acids is 1. The Morgan fingerprint density at radius 3 is 2.15 bits per heavy atom. The Morgan fingerprint density at radius 2 is 1.50 bits per heavy atom. The molecular weight excluding hydrogens is 542 g/mol. The van der Waals surface area contributed by atoms with E-state index in [9.17, 15) is 4.79 Å². The summed E-state index contributed by atoms with van der Waals surface area (Å²) in [5.74, 6) is 0.610. The van der Waals surface area contributed by atoms with Crippen LogP contribution >= 0.6 is 58.0 Å². The summed E-state index contributed by atoms with van der Waals surface area (Å²) in [5.41, 5.74) is 2.58. The topological polar surface area (TPSA) is 45.9 Å². The minimum atomic E-state index is -0.157. The summed E-state index contributed by atoms with van der Waals surface area (Å²) >= 11 is 30.5. The average molecular weight is 563 g/mol. The molecule has 10 heteroatoms. The average Bonchev–Trinajstić information content (AvgIpc) is 3.32. The van der Waals surface area contributed by atoms with E-state index in [1.54, 1.807) is 17.0 Å². The van der Waals surface area contributed by atoms with Gasteiger partial charge in [0.25, 0.3) is 5.91 Å². The Kier molecular flexibility index (Phi) is 8.24. The van der Waals surface area contributed by atoms with E-state index < -0.39 is 0 Å². The lowest BCUT2D eigenvalue weighted by atomic mass is 10.1. The first-order valence-electron chi connectivity index (χ1n) is 10.5. The molecule has 0 unspecified atom stereocenters. The van der Waals surface area contributed by atoms with Gasteiger partial charge in [0.1, 0.15) is 22.4 Å². The lowest BCUT2D eigenvalue weighted by Crippen LogP contribution is -2.48. The zero-order valence-corrected chi connectivity index (χ0v) is 22.0. The quantitative estimate of drug-likeness (QED) is 0.232. The van der Waals surface area contributed by atoms with Gasteiger partial charge in [0.2, 0.25) is 0 Å². The van der Waals surface area contributed by atoms with Gasteiger partial charge in [-0.05, 0) is 30.2 Å². The lowest BCUT2D eigenvalue weighted by molar-refractivity contribution is 0.0594. The van der Waals surface area contributed by atoms with E-state index in [1.165, 1.54) is 11.1 Å². The molecule has 2 aromatic carbocycles. The molecule has 3 aromatic rings. The van der Waals surface area contributed by atoms with Crippen LogP contribution in [0.3, 0.4) is 0 Å². The van der Waals surface area contributed by atoms with Gasteiger partial charge >= 0.3 is 0 Å². The van der Waals surface area contributed by atoms with Gasteiger partial charge in [-0.15, -0.1) is 0 Å². The highest BCUT2D eigenvalue weighted by atomic mass is 35.5. The molecular formula is C24H21Cl5N2O3. The molecule has 1 aliphatic rings. The van der Waals surface area contributed by atoms with Crippen molar-refractivity contribution < 1.29 is 13.9 Å². The molecule has 2 heterocycles. The van der Waals surface area contributed by atoms with Gasteiger partial charge in [0.05, 0.1) is 15.1 Å². The minimum Gasteiger partial charge on any atom is -0.482 e. The summed E-state index contributed by atoms with van der Waals surface area (Å²) in [4.78, 5) is 17.1. The molecule has 180 valence electrons. The first kappa shape index (κ1) is 25.5. The summed E-state index contributed by atoms with van der Waals surface area (Å²) in [6.45, 7) is 5.82. The number of aryl methyl sites for hydroxylation is 1. The normalized spacial score (nSPS) is 14.5. The van der Waals surface area contributed by atoms with Crippen LogP contribution in [0.25, 0.3) is 0 Å². The first-order chi connectivity index (χ1) is 16.3. The van der Waals surface area contributed by atoms with Crippen molar-refractivity contribution in [3.05, 3.63) is 84.2 Å². The van der Waals surface area contributed by atoms with Crippen LogP contribution in [0.5, 0.6) is 5.75 Å². The molecule has 0 spiro atoms. The number of ether oxygens (including phenoxy) is 1. The molecule has 1 aromatic heterocycles. The number of halogens is 5. The number of rotatable bonds is 6. The van der Waals surface area contributed by atoms with Crippen LogP contribution in [0.1, 0.15) is 27.4 Å². The third-order valence-corrected chi connectivity index (χ3v) is 7.96. The number of benzene rings is 2. The Labute approximate surface area is 223 Å². The molecule has 0 N–H and O–H groups in total. The predicted octanol–water partition coefficient (Wildman–Crippen LogP) is 7.39. The Hall–Kier alpha value is -1.60. The molecule has 0 bridgehead atoms. The number of nitrogens with zero attached hydrogens (tertiary/aromatic N) is 2. The lowest BCUT2D eigenvalue weighted by Gasteiger charge is -2.34. The van der Waals surface area contributed by atoms with Crippen LogP contribution in [0.15, 0.2) is 40.8 Å². The van der Waals surface area contributed by atoms with Gasteiger partial charge in [-0.25, -0.2) is 0 Å². The largest absolute Gasteiger partial charge is 0.482 e. The summed E-state index contributed by atoms with van der Waals surface area (Å²) in [6, 6.07) is 11.7. The number of hydrogen-bond donors (Lipinski definition) is 0. The maximum atomic E-state index is 12.9. The van der Waals surface area contributed by atoms with Crippen LogP contribution in [0, 0.1) is 6.92 Å². The van der Waals surface area contributed by atoms with Crippen LogP contribution in [-0.4, -0.2) is 41.9 Å². The van der Waals surface area contributed by atoms with E-state index in [0.717, 1.165) is 19.6 Å². The fraction of sp³-hybridized carbons (Fsp3) is 0.292. The van der Waals surface area contributed by atoms with Crippen LogP contribution < -0.4 is 4.74 Å². The van der Waals surface area contributed by atoms with Crippen LogP contribution in [0.2, 0.25) is 25.1 Å². The highest BCUT2D eigenvalue weighted by molar-refractivity contribution is 6.55. The van der Waals surface area contributed by atoms with E-state index >= 15 is 0 Å². The third kappa shape index (κ3) is 5.46. The van der Waals surface area contributed by atoms with Crippen molar-refractivity contribution in [2.75, 3.05) is 26.2 Å². The molecule has 1 amide bonds. The van der Waals surface area contributed by atoms with E-state index in [4.69, 9.17) is 67.2 Å². The zero-order valence-electron chi connectivity index (χ0n) is 18.2. The molecule has 4 rings (SSSR count). The second-order valence-corrected chi connectivity index (χ2v) is 9.84. The van der Waals surface area contributed by atoms with Crippen molar-refractivity contribution in [1.29, 1.82) is 0 Å². The van der Waals surface area contributed by atoms with Gasteiger partial charge in [-0.2, -0.15) is 0 Å². The zero-order chi connectivity index (χ0) is 24.4. The summed E-state index contributed by atoms with van der Waals surface area (Å²) in [7, 11) is 0. The van der Waals surface area contributed by atoms with Gasteiger partial charge in [-0.1, -0.05) is 82.3 Å². The number of amides is 1. The van der Waals surface area contributed by atoms with Crippen molar-refractivity contribution in [3.63, 3.8) is 0 Å². The van der Waals surface area contributed by atoms with Gasteiger partial charge in [0.15, 0.2) is 11.5 Å². The summed E-state index contributed by atoms with van der Waals surface area (Å²) in [5, 5.41) is 0.241. The molecule has 1 aliphatic heterocycles. The Morgan fingerprint density at radius 1 is 0.882 bits per heavy atom. The fourth-order valence-corrected chi connectivity index (χ4v) is 4.95. The second kappa shape index (κ2) is 11.0. The molecule has 0 atom stereocenters. The van der Waals surface area contributed by atoms with E-state index in [1.807, 2.05) is 6.07 Å². The summed E-state index contributed by atoms with van der Waals surface area (Å²) in [6.07, 6.45) is 0. The number of furan rings is 1. The van der Waals surface area contributed by atoms with Gasteiger partial charge in [0, 0.05) is 32.7 Å². The highest BCUT2D eigenvalue weighted by Crippen LogP contribution is 2.48. The van der Waals surface area contributed by atoms with Crippen molar-refractivity contribution in [2.45, 2.75) is 20.1 Å². The molecule has 1 saturated heterocycles. The van der Waals surface area contributed by atoms with Crippen molar-refractivity contribution >= 4 is 63.9 Å². The van der Waals surface area contributed by atoms with Crippen molar-refractivity contribution in [3.8, 4) is 5.75 Å². The minimum absolute atomic E-state index is 0.0226. The molecule has 5 nitrogen and oxygen atoms in total. The molecule has 0 saturated carbocycles. The molecule has 0 aliphatic carbocycles. The first-order valence-corrected chi connectivity index (χ1v) is 12.4. The van der Waals surface area contributed by atoms with Crippen molar-refractivity contribution in [1.82, 2.24) is 9.80 Å². The van der Waals surface area contributed by atoms with Crippen LogP contribution in [-0.2, 0) is 13.2 Å². The maximum absolute atomic E-state index is 12.9. The maximum Gasteiger partial charge on any atom is 0.289 e. The number of carbonyl (C=O) groups is 1. The fourth-order valence-electron chi connectivity index (χ4n) is 3.72. The Balaban J connectivity index is 1.34. The monoisotopic (exact) mass is 560 g/mol.